The number of hydrogen-bond donors (Lipinski definition) is 2. The van der Waals surface area contributed by atoms with E-state index in [1.165, 1.54) is 6.26 Å². The minimum absolute atomic E-state index is 0.0363. The minimum atomic E-state index is -3.08. The standard InChI is InChI=1S/C16H15N3O3S/c1-23(21,22)10-11-2-4-12(5-3-11)16(20)18-14-7-6-13-9-17-19-15(13)8-14/h2-9H,10H2,1H3,(H,17,19)(H,18,20). The van der Waals surface area contributed by atoms with Crippen LogP contribution in [0.3, 0.4) is 0 Å². The third kappa shape index (κ3) is 3.75. The van der Waals surface area contributed by atoms with E-state index >= 15 is 0 Å². The third-order valence-corrected chi connectivity index (χ3v) is 4.20. The summed E-state index contributed by atoms with van der Waals surface area (Å²) in [5.41, 5.74) is 2.62. The number of H-pyrrole nitrogens is 1. The Bertz CT molecular complexity index is 960. The lowest BCUT2D eigenvalue weighted by Gasteiger charge is -2.06. The summed E-state index contributed by atoms with van der Waals surface area (Å²) in [4.78, 5) is 12.2. The van der Waals surface area contributed by atoms with E-state index in [9.17, 15) is 13.2 Å². The number of aromatic nitrogens is 2. The van der Waals surface area contributed by atoms with Gasteiger partial charge in [0.2, 0.25) is 0 Å². The fourth-order valence-electron chi connectivity index (χ4n) is 2.27. The number of fused-ring (bicyclic) bond motifs is 1. The molecule has 0 saturated heterocycles. The monoisotopic (exact) mass is 329 g/mol. The zero-order chi connectivity index (χ0) is 16.4. The lowest BCUT2D eigenvalue weighted by molar-refractivity contribution is 0.102. The second-order valence-electron chi connectivity index (χ2n) is 5.39. The van der Waals surface area contributed by atoms with Crippen LogP contribution in [0, 0.1) is 0 Å². The zero-order valence-corrected chi connectivity index (χ0v) is 13.2. The largest absolute Gasteiger partial charge is 0.322 e. The highest BCUT2D eigenvalue weighted by Gasteiger charge is 2.09. The van der Waals surface area contributed by atoms with Gasteiger partial charge in [0.25, 0.3) is 5.91 Å². The molecule has 0 spiro atoms. The number of nitrogens with zero attached hydrogens (tertiary/aromatic N) is 1. The van der Waals surface area contributed by atoms with Crippen molar-refractivity contribution >= 4 is 32.3 Å². The summed E-state index contributed by atoms with van der Waals surface area (Å²) in [7, 11) is -3.08. The molecule has 0 fully saturated rings. The van der Waals surface area contributed by atoms with Crippen molar-refractivity contribution in [2.24, 2.45) is 0 Å². The summed E-state index contributed by atoms with van der Waals surface area (Å²) in [6.45, 7) is 0. The van der Waals surface area contributed by atoms with Crippen LogP contribution in [-0.4, -0.2) is 30.8 Å². The molecule has 118 valence electrons. The van der Waals surface area contributed by atoms with Crippen molar-refractivity contribution < 1.29 is 13.2 Å². The average Bonchev–Trinajstić information content (AvgIpc) is 2.94. The van der Waals surface area contributed by atoms with Crippen molar-refractivity contribution in [3.8, 4) is 0 Å². The van der Waals surface area contributed by atoms with Crippen LogP contribution >= 0.6 is 0 Å². The maximum atomic E-state index is 12.2. The van der Waals surface area contributed by atoms with E-state index in [4.69, 9.17) is 0 Å². The van der Waals surface area contributed by atoms with Crippen LogP contribution in [0.25, 0.3) is 10.9 Å². The summed E-state index contributed by atoms with van der Waals surface area (Å²) in [5, 5.41) is 10.5. The maximum absolute atomic E-state index is 12.2. The number of hydrogen-bond acceptors (Lipinski definition) is 4. The molecular formula is C16H15N3O3S. The number of rotatable bonds is 4. The number of carbonyl (C=O) groups is 1. The van der Waals surface area contributed by atoms with Gasteiger partial charge in [-0.05, 0) is 35.9 Å². The van der Waals surface area contributed by atoms with Gasteiger partial charge in [-0.3, -0.25) is 9.89 Å². The Morgan fingerprint density at radius 2 is 1.91 bits per heavy atom. The van der Waals surface area contributed by atoms with Crippen molar-refractivity contribution in [3.05, 3.63) is 59.8 Å². The van der Waals surface area contributed by atoms with E-state index in [-0.39, 0.29) is 11.7 Å². The first-order valence-corrected chi connectivity index (χ1v) is 8.98. The van der Waals surface area contributed by atoms with Crippen molar-refractivity contribution in [1.82, 2.24) is 10.2 Å². The van der Waals surface area contributed by atoms with E-state index in [1.54, 1.807) is 42.6 Å². The van der Waals surface area contributed by atoms with Gasteiger partial charge in [0.15, 0.2) is 9.84 Å². The number of aromatic amines is 1. The molecule has 0 aliphatic heterocycles. The Balaban J connectivity index is 1.74. The number of amides is 1. The van der Waals surface area contributed by atoms with Crippen molar-refractivity contribution in [3.63, 3.8) is 0 Å². The molecule has 0 bridgehead atoms. The number of nitrogens with one attached hydrogen (secondary N) is 2. The van der Waals surface area contributed by atoms with Crippen LogP contribution < -0.4 is 5.32 Å². The fourth-order valence-corrected chi connectivity index (χ4v) is 3.07. The van der Waals surface area contributed by atoms with E-state index in [2.05, 4.69) is 15.5 Å². The van der Waals surface area contributed by atoms with Gasteiger partial charge in [0.1, 0.15) is 0 Å². The van der Waals surface area contributed by atoms with E-state index in [0.717, 1.165) is 10.9 Å². The first-order valence-electron chi connectivity index (χ1n) is 6.92. The van der Waals surface area contributed by atoms with E-state index in [1.807, 2.05) is 6.07 Å². The Kier molecular flexibility index (Phi) is 3.87. The molecule has 1 heterocycles. The first-order chi connectivity index (χ1) is 10.9. The average molecular weight is 329 g/mol. The van der Waals surface area contributed by atoms with Crippen molar-refractivity contribution in [2.75, 3.05) is 11.6 Å². The third-order valence-electron chi connectivity index (χ3n) is 3.34. The minimum Gasteiger partial charge on any atom is -0.322 e. The van der Waals surface area contributed by atoms with Gasteiger partial charge in [0, 0.05) is 22.9 Å². The molecule has 0 radical (unpaired) electrons. The maximum Gasteiger partial charge on any atom is 0.255 e. The van der Waals surface area contributed by atoms with Crippen LogP contribution in [0.5, 0.6) is 0 Å². The molecule has 2 aromatic carbocycles. The van der Waals surface area contributed by atoms with Gasteiger partial charge < -0.3 is 5.32 Å². The molecule has 1 aromatic heterocycles. The molecule has 1 amide bonds. The van der Waals surface area contributed by atoms with E-state index in [0.29, 0.717) is 16.8 Å². The number of benzene rings is 2. The van der Waals surface area contributed by atoms with Gasteiger partial charge in [-0.2, -0.15) is 5.10 Å². The highest BCUT2D eigenvalue weighted by atomic mass is 32.2. The Morgan fingerprint density at radius 3 is 2.61 bits per heavy atom. The van der Waals surface area contributed by atoms with E-state index < -0.39 is 9.84 Å². The summed E-state index contributed by atoms with van der Waals surface area (Å²) in [5.74, 6) is -0.291. The highest BCUT2D eigenvalue weighted by Crippen LogP contribution is 2.17. The molecule has 23 heavy (non-hydrogen) atoms. The van der Waals surface area contributed by atoms with Crippen molar-refractivity contribution in [1.29, 1.82) is 0 Å². The molecule has 0 aliphatic carbocycles. The lowest BCUT2D eigenvalue weighted by Crippen LogP contribution is -2.12. The van der Waals surface area contributed by atoms with Gasteiger partial charge in [0.05, 0.1) is 17.5 Å². The normalized spacial score (nSPS) is 11.5. The molecule has 7 heteroatoms. The summed E-state index contributed by atoms with van der Waals surface area (Å²) < 4.78 is 22.5. The lowest BCUT2D eigenvalue weighted by atomic mass is 10.1. The molecule has 3 rings (SSSR count). The highest BCUT2D eigenvalue weighted by molar-refractivity contribution is 7.89. The Labute approximate surface area is 133 Å². The second-order valence-corrected chi connectivity index (χ2v) is 7.53. The first kappa shape index (κ1) is 15.2. The quantitative estimate of drug-likeness (QED) is 0.768. The Morgan fingerprint density at radius 1 is 1.17 bits per heavy atom. The molecule has 3 aromatic rings. The predicted octanol–water partition coefficient (Wildman–Crippen LogP) is 2.36. The van der Waals surface area contributed by atoms with Crippen LogP contribution in [0.1, 0.15) is 15.9 Å². The second kappa shape index (κ2) is 5.85. The summed E-state index contributed by atoms with van der Waals surface area (Å²) >= 11 is 0. The molecule has 0 saturated carbocycles. The van der Waals surface area contributed by atoms with Crippen LogP contribution in [0.4, 0.5) is 5.69 Å². The van der Waals surface area contributed by atoms with Gasteiger partial charge in [-0.25, -0.2) is 8.42 Å². The molecular weight excluding hydrogens is 314 g/mol. The molecule has 0 atom stereocenters. The smallest absolute Gasteiger partial charge is 0.255 e. The molecule has 0 aliphatic rings. The predicted molar refractivity (Wildman–Crippen MR) is 89.0 cm³/mol. The van der Waals surface area contributed by atoms with Crippen LogP contribution in [0.15, 0.2) is 48.7 Å². The fraction of sp³-hybridized carbons (Fsp3) is 0.125. The Hall–Kier alpha value is -2.67. The number of anilines is 1. The zero-order valence-electron chi connectivity index (χ0n) is 12.4. The SMILES string of the molecule is CS(=O)(=O)Cc1ccc(C(=O)Nc2ccc3cn[nH]c3c2)cc1. The van der Waals surface area contributed by atoms with Crippen LogP contribution in [0.2, 0.25) is 0 Å². The number of carbonyl (C=O) groups excluding carboxylic acids is 1. The van der Waals surface area contributed by atoms with Gasteiger partial charge in [-0.1, -0.05) is 12.1 Å². The van der Waals surface area contributed by atoms with Gasteiger partial charge in [-0.15, -0.1) is 0 Å². The van der Waals surface area contributed by atoms with Crippen molar-refractivity contribution in [2.45, 2.75) is 5.75 Å². The molecule has 6 nitrogen and oxygen atoms in total. The molecule has 0 unspecified atom stereocenters. The summed E-state index contributed by atoms with van der Waals surface area (Å²) in [6.07, 6.45) is 2.89. The molecule has 2 N–H and O–H groups in total. The number of sulfone groups is 1. The van der Waals surface area contributed by atoms with Gasteiger partial charge >= 0.3 is 0 Å². The van der Waals surface area contributed by atoms with Crippen LogP contribution in [-0.2, 0) is 15.6 Å². The summed E-state index contributed by atoms with van der Waals surface area (Å²) in [6, 6.07) is 12.0. The topological polar surface area (TPSA) is 91.9 Å².